The van der Waals surface area contributed by atoms with Gasteiger partial charge in [-0.3, -0.25) is 0 Å². The van der Waals surface area contributed by atoms with Crippen molar-refractivity contribution in [2.75, 3.05) is 6.61 Å². The molecule has 0 aliphatic heterocycles. The lowest BCUT2D eigenvalue weighted by Crippen LogP contribution is -2.08. The van der Waals surface area contributed by atoms with Crippen LogP contribution in [0.15, 0.2) is 0 Å². The zero-order valence-electron chi connectivity index (χ0n) is 9.86. The van der Waals surface area contributed by atoms with Crippen molar-refractivity contribution in [3.63, 3.8) is 0 Å². The van der Waals surface area contributed by atoms with Gasteiger partial charge in [0.05, 0.1) is 12.2 Å². The van der Waals surface area contributed by atoms with Crippen LogP contribution >= 0.6 is 0 Å². The van der Waals surface area contributed by atoms with Gasteiger partial charge in [-0.15, -0.1) is 0 Å². The summed E-state index contributed by atoms with van der Waals surface area (Å²) in [6.45, 7) is 2.20. The molecule has 0 aromatic heterocycles. The Balaban J connectivity index is 3.19. The summed E-state index contributed by atoms with van der Waals surface area (Å²) in [7, 11) is 0. The summed E-state index contributed by atoms with van der Waals surface area (Å²) >= 11 is 0. The summed E-state index contributed by atoms with van der Waals surface area (Å²) in [5, 5.41) is 27.4. The molecule has 15 heavy (non-hydrogen) atoms. The molecule has 0 aromatic rings. The van der Waals surface area contributed by atoms with Crippen LogP contribution in [0.25, 0.3) is 0 Å². The van der Waals surface area contributed by atoms with Gasteiger partial charge in [0.2, 0.25) is 0 Å². The normalized spacial score (nSPS) is 15.2. The Hall–Kier alpha value is -0.120. The first kappa shape index (κ1) is 14.9. The number of hydrogen-bond donors (Lipinski definition) is 3. The van der Waals surface area contributed by atoms with E-state index in [-0.39, 0.29) is 18.8 Å². The third kappa shape index (κ3) is 10.2. The molecule has 0 bridgehead atoms. The van der Waals surface area contributed by atoms with Gasteiger partial charge < -0.3 is 15.3 Å². The van der Waals surface area contributed by atoms with Gasteiger partial charge in [-0.05, 0) is 38.5 Å². The van der Waals surface area contributed by atoms with Gasteiger partial charge in [-0.1, -0.05) is 19.8 Å². The molecule has 0 radical (unpaired) electrons. The van der Waals surface area contributed by atoms with Gasteiger partial charge in [0.15, 0.2) is 0 Å². The topological polar surface area (TPSA) is 60.7 Å². The van der Waals surface area contributed by atoms with Gasteiger partial charge in [0.25, 0.3) is 0 Å². The molecule has 0 amide bonds. The average Bonchev–Trinajstić information content (AvgIpc) is 2.24. The van der Waals surface area contributed by atoms with Crippen LogP contribution in [0.1, 0.15) is 58.3 Å². The maximum Gasteiger partial charge on any atom is 0.0540 e. The molecule has 0 saturated heterocycles. The second-order valence-corrected chi connectivity index (χ2v) is 4.22. The molecule has 0 fully saturated rings. The first-order chi connectivity index (χ1) is 7.20. The van der Waals surface area contributed by atoms with Gasteiger partial charge >= 0.3 is 0 Å². The second-order valence-electron chi connectivity index (χ2n) is 4.22. The largest absolute Gasteiger partial charge is 0.396 e. The molecule has 3 heteroatoms. The van der Waals surface area contributed by atoms with Crippen LogP contribution < -0.4 is 0 Å². The summed E-state index contributed by atoms with van der Waals surface area (Å²) in [5.41, 5.74) is 0. The molecule has 0 rings (SSSR count). The van der Waals surface area contributed by atoms with Crippen LogP contribution in [0.2, 0.25) is 0 Å². The van der Waals surface area contributed by atoms with Crippen LogP contribution in [0.3, 0.4) is 0 Å². The van der Waals surface area contributed by atoms with Crippen molar-refractivity contribution >= 4 is 0 Å². The Morgan fingerprint density at radius 1 is 0.800 bits per heavy atom. The number of aliphatic hydroxyl groups excluding tert-OH is 3. The van der Waals surface area contributed by atoms with Gasteiger partial charge in [-0.2, -0.15) is 0 Å². The molecular formula is C12H26O3. The van der Waals surface area contributed by atoms with Crippen molar-refractivity contribution in [1.29, 1.82) is 0 Å². The van der Waals surface area contributed by atoms with E-state index < -0.39 is 0 Å². The molecule has 3 N–H and O–H groups in total. The first-order valence-corrected chi connectivity index (χ1v) is 6.17. The van der Waals surface area contributed by atoms with Crippen molar-refractivity contribution < 1.29 is 15.3 Å². The van der Waals surface area contributed by atoms with Crippen molar-refractivity contribution in [3.8, 4) is 0 Å². The predicted molar refractivity (Wildman–Crippen MR) is 61.7 cm³/mol. The fourth-order valence-corrected chi connectivity index (χ4v) is 1.60. The molecule has 92 valence electrons. The fourth-order valence-electron chi connectivity index (χ4n) is 1.60. The van der Waals surface area contributed by atoms with Crippen molar-refractivity contribution in [2.45, 2.75) is 70.5 Å². The second kappa shape index (κ2) is 10.4. The third-order valence-corrected chi connectivity index (χ3v) is 2.74. The predicted octanol–water partition coefficient (Wildman–Crippen LogP) is 1.84. The molecule has 0 heterocycles. The molecule has 0 saturated carbocycles. The maximum absolute atomic E-state index is 9.55. The lowest BCUT2D eigenvalue weighted by Gasteiger charge is -2.11. The molecular weight excluding hydrogens is 192 g/mol. The van der Waals surface area contributed by atoms with E-state index in [2.05, 4.69) is 0 Å². The molecule has 0 aromatic carbocycles. The van der Waals surface area contributed by atoms with Crippen LogP contribution in [0.4, 0.5) is 0 Å². The van der Waals surface area contributed by atoms with Crippen molar-refractivity contribution in [3.05, 3.63) is 0 Å². The smallest absolute Gasteiger partial charge is 0.0540 e. The summed E-state index contributed by atoms with van der Waals surface area (Å²) in [6, 6.07) is 0. The van der Waals surface area contributed by atoms with Crippen molar-refractivity contribution in [1.82, 2.24) is 0 Å². The Labute approximate surface area is 93.1 Å². The number of unbranched alkanes of at least 4 members (excludes halogenated alkanes) is 2. The SMILES string of the molecule is CCC(O)CCCCC(O)CCCCO. The van der Waals surface area contributed by atoms with Crippen LogP contribution in [-0.4, -0.2) is 34.1 Å². The first-order valence-electron chi connectivity index (χ1n) is 6.17. The third-order valence-electron chi connectivity index (χ3n) is 2.74. The molecule has 2 atom stereocenters. The van der Waals surface area contributed by atoms with E-state index in [4.69, 9.17) is 5.11 Å². The van der Waals surface area contributed by atoms with E-state index >= 15 is 0 Å². The van der Waals surface area contributed by atoms with E-state index in [0.717, 1.165) is 51.4 Å². The molecule has 2 unspecified atom stereocenters. The van der Waals surface area contributed by atoms with Crippen LogP contribution in [0.5, 0.6) is 0 Å². The lowest BCUT2D eigenvalue weighted by atomic mass is 10.0. The standard InChI is InChI=1S/C12H26O3/c1-2-11(14)7-3-4-8-12(15)9-5-6-10-13/h11-15H,2-10H2,1H3. The Morgan fingerprint density at radius 3 is 1.73 bits per heavy atom. The summed E-state index contributed by atoms with van der Waals surface area (Å²) < 4.78 is 0. The van der Waals surface area contributed by atoms with Gasteiger partial charge in [-0.25, -0.2) is 0 Å². The van der Waals surface area contributed by atoms with E-state index in [9.17, 15) is 10.2 Å². The van der Waals surface area contributed by atoms with Crippen LogP contribution in [-0.2, 0) is 0 Å². The summed E-state index contributed by atoms with van der Waals surface area (Å²) in [5.74, 6) is 0. The molecule has 0 aliphatic carbocycles. The lowest BCUT2D eigenvalue weighted by molar-refractivity contribution is 0.134. The maximum atomic E-state index is 9.55. The Bertz CT molecular complexity index is 128. The zero-order valence-corrected chi connectivity index (χ0v) is 9.86. The molecule has 3 nitrogen and oxygen atoms in total. The van der Waals surface area contributed by atoms with Gasteiger partial charge in [0.1, 0.15) is 0 Å². The van der Waals surface area contributed by atoms with E-state index in [0.29, 0.717) is 0 Å². The average molecular weight is 218 g/mol. The minimum Gasteiger partial charge on any atom is -0.396 e. The highest BCUT2D eigenvalue weighted by atomic mass is 16.3. The quantitative estimate of drug-likeness (QED) is 0.490. The fraction of sp³-hybridized carbons (Fsp3) is 1.00. The zero-order chi connectivity index (χ0) is 11.5. The highest BCUT2D eigenvalue weighted by molar-refractivity contribution is 4.58. The molecule has 0 spiro atoms. The number of hydrogen-bond acceptors (Lipinski definition) is 3. The van der Waals surface area contributed by atoms with E-state index in [1.165, 1.54) is 0 Å². The Morgan fingerprint density at radius 2 is 1.27 bits per heavy atom. The highest BCUT2D eigenvalue weighted by Gasteiger charge is 2.05. The Kier molecular flexibility index (Phi) is 10.3. The van der Waals surface area contributed by atoms with Crippen molar-refractivity contribution in [2.24, 2.45) is 0 Å². The van der Waals surface area contributed by atoms with Gasteiger partial charge in [0, 0.05) is 6.61 Å². The van der Waals surface area contributed by atoms with E-state index in [1.807, 2.05) is 6.92 Å². The minimum atomic E-state index is -0.227. The minimum absolute atomic E-state index is 0.170. The van der Waals surface area contributed by atoms with E-state index in [1.54, 1.807) is 0 Å². The number of rotatable bonds is 10. The number of aliphatic hydroxyl groups is 3. The summed E-state index contributed by atoms with van der Waals surface area (Å²) in [6.07, 6.45) is 6.54. The van der Waals surface area contributed by atoms with Crippen LogP contribution in [0, 0.1) is 0 Å². The summed E-state index contributed by atoms with van der Waals surface area (Å²) in [4.78, 5) is 0. The monoisotopic (exact) mass is 218 g/mol. The molecule has 0 aliphatic rings. The highest BCUT2D eigenvalue weighted by Crippen LogP contribution is 2.11.